The molecule has 0 amide bonds. The molecule has 1 aromatic rings. The zero-order chi connectivity index (χ0) is 14.8. The van der Waals surface area contributed by atoms with Gasteiger partial charge in [-0.1, -0.05) is 29.3 Å². The Morgan fingerprint density at radius 3 is 2.45 bits per heavy atom. The molecule has 0 atom stereocenters. The lowest BCUT2D eigenvalue weighted by molar-refractivity contribution is -0.151. The molecule has 5 heteroatoms. The van der Waals surface area contributed by atoms with Crippen molar-refractivity contribution in [2.24, 2.45) is 5.41 Å². The van der Waals surface area contributed by atoms with Crippen LogP contribution in [-0.2, 0) is 11.3 Å². The third-order valence-corrected chi connectivity index (χ3v) is 4.53. The quantitative estimate of drug-likeness (QED) is 0.874. The molecule has 1 heterocycles. The summed E-state index contributed by atoms with van der Waals surface area (Å²) in [7, 11) is 0. The minimum absolute atomic E-state index is 0.111. The molecule has 0 saturated carbocycles. The van der Waals surface area contributed by atoms with E-state index in [4.69, 9.17) is 27.9 Å². The summed E-state index contributed by atoms with van der Waals surface area (Å²) in [5.74, 6) is 0. The van der Waals surface area contributed by atoms with Crippen LogP contribution < -0.4 is 0 Å². The van der Waals surface area contributed by atoms with Crippen LogP contribution in [0.2, 0.25) is 10.0 Å². The predicted octanol–water partition coefficient (Wildman–Crippen LogP) is 3.21. The number of rotatable bonds is 6. The summed E-state index contributed by atoms with van der Waals surface area (Å²) < 4.78 is 5.27. The molecule has 1 aromatic carbocycles. The second kappa shape index (κ2) is 6.63. The normalized spacial score (nSPS) is 17.6. The van der Waals surface area contributed by atoms with Crippen molar-refractivity contribution in [2.45, 2.75) is 26.4 Å². The number of nitrogens with zero attached hydrogens (tertiary/aromatic N) is 1. The van der Waals surface area contributed by atoms with E-state index in [0.29, 0.717) is 29.3 Å². The molecular formula is C15H21Cl2NO2. The first-order chi connectivity index (χ1) is 9.46. The number of ether oxygens (including phenoxy) is 1. The molecule has 112 valence electrons. The van der Waals surface area contributed by atoms with Gasteiger partial charge in [-0.3, -0.25) is 4.90 Å². The number of hydrogen-bond donors (Lipinski definition) is 1. The van der Waals surface area contributed by atoms with Crippen molar-refractivity contribution in [3.05, 3.63) is 33.8 Å². The Kier molecular flexibility index (Phi) is 5.32. The average Bonchev–Trinajstić information content (AvgIpc) is 2.36. The van der Waals surface area contributed by atoms with Gasteiger partial charge >= 0.3 is 0 Å². The first-order valence-corrected chi connectivity index (χ1v) is 7.58. The first kappa shape index (κ1) is 16.1. The maximum absolute atomic E-state index is 9.57. The molecule has 1 aliphatic heterocycles. The van der Waals surface area contributed by atoms with E-state index in [9.17, 15) is 5.11 Å². The summed E-state index contributed by atoms with van der Waals surface area (Å²) in [6, 6.07) is 6.11. The lowest BCUT2D eigenvalue weighted by Crippen LogP contribution is -2.54. The van der Waals surface area contributed by atoms with Gasteiger partial charge in [-0.15, -0.1) is 0 Å². The van der Waals surface area contributed by atoms with Crippen LogP contribution in [-0.4, -0.2) is 42.4 Å². The monoisotopic (exact) mass is 317 g/mol. The Labute approximate surface area is 130 Å². The number of halogens is 2. The number of aliphatic hydroxyl groups is 1. The van der Waals surface area contributed by atoms with E-state index in [-0.39, 0.29) is 12.0 Å². The molecule has 1 N–H and O–H groups in total. The van der Waals surface area contributed by atoms with Crippen LogP contribution in [0.3, 0.4) is 0 Å². The standard InChI is InChI=1S/C15H21Cl2NO2/c1-11(2)18(7-15(8-19)9-20-10-15)6-12-3-4-13(16)14(17)5-12/h3-5,11,19H,6-10H2,1-2H3. The topological polar surface area (TPSA) is 32.7 Å². The number of aliphatic hydroxyl groups excluding tert-OH is 1. The number of benzene rings is 1. The van der Waals surface area contributed by atoms with Gasteiger partial charge in [0.15, 0.2) is 0 Å². The van der Waals surface area contributed by atoms with E-state index in [2.05, 4.69) is 18.7 Å². The molecule has 2 rings (SSSR count). The fraction of sp³-hybridized carbons (Fsp3) is 0.600. The molecular weight excluding hydrogens is 297 g/mol. The predicted molar refractivity (Wildman–Crippen MR) is 82.3 cm³/mol. The van der Waals surface area contributed by atoms with Crippen LogP contribution in [0.5, 0.6) is 0 Å². The molecule has 3 nitrogen and oxygen atoms in total. The van der Waals surface area contributed by atoms with Gasteiger partial charge in [-0.2, -0.15) is 0 Å². The van der Waals surface area contributed by atoms with Crippen LogP contribution in [0, 0.1) is 5.41 Å². The molecule has 0 aliphatic carbocycles. The maximum atomic E-state index is 9.57. The number of hydrogen-bond acceptors (Lipinski definition) is 3. The summed E-state index contributed by atoms with van der Waals surface area (Å²) in [4.78, 5) is 2.33. The van der Waals surface area contributed by atoms with Crippen LogP contribution >= 0.6 is 23.2 Å². The Morgan fingerprint density at radius 2 is 2.00 bits per heavy atom. The van der Waals surface area contributed by atoms with E-state index in [1.165, 1.54) is 0 Å². The molecule has 20 heavy (non-hydrogen) atoms. The highest BCUT2D eigenvalue weighted by Crippen LogP contribution is 2.30. The Hall–Kier alpha value is -0.320. The van der Waals surface area contributed by atoms with Crippen LogP contribution in [0.1, 0.15) is 19.4 Å². The molecule has 1 aliphatic rings. The lowest BCUT2D eigenvalue weighted by Gasteiger charge is -2.44. The SMILES string of the molecule is CC(C)N(Cc1ccc(Cl)c(Cl)c1)CC1(CO)COC1. The summed E-state index contributed by atoms with van der Waals surface area (Å²) in [6.45, 7) is 7.35. The largest absolute Gasteiger partial charge is 0.396 e. The Balaban J connectivity index is 2.07. The first-order valence-electron chi connectivity index (χ1n) is 6.82. The van der Waals surface area contributed by atoms with E-state index >= 15 is 0 Å². The van der Waals surface area contributed by atoms with E-state index in [1.807, 2.05) is 18.2 Å². The summed E-state index contributed by atoms with van der Waals surface area (Å²) >= 11 is 12.0. The minimum Gasteiger partial charge on any atom is -0.396 e. The third kappa shape index (κ3) is 3.66. The van der Waals surface area contributed by atoms with Gasteiger partial charge in [-0.05, 0) is 31.5 Å². The van der Waals surface area contributed by atoms with Crippen molar-refractivity contribution in [1.82, 2.24) is 4.90 Å². The summed E-state index contributed by atoms with van der Waals surface area (Å²) in [5.41, 5.74) is 1.02. The fourth-order valence-electron chi connectivity index (χ4n) is 2.35. The smallest absolute Gasteiger partial charge is 0.0595 e. The Bertz CT molecular complexity index is 456. The van der Waals surface area contributed by atoms with Gasteiger partial charge in [0, 0.05) is 19.1 Å². The van der Waals surface area contributed by atoms with Gasteiger partial charge in [0.05, 0.1) is 35.3 Å². The van der Waals surface area contributed by atoms with Crippen molar-refractivity contribution >= 4 is 23.2 Å². The maximum Gasteiger partial charge on any atom is 0.0595 e. The second-order valence-corrected chi connectivity index (χ2v) is 6.71. The molecule has 1 saturated heterocycles. The van der Waals surface area contributed by atoms with Crippen molar-refractivity contribution in [1.29, 1.82) is 0 Å². The summed E-state index contributed by atoms with van der Waals surface area (Å²) in [6.07, 6.45) is 0. The minimum atomic E-state index is -0.111. The third-order valence-electron chi connectivity index (χ3n) is 3.79. The zero-order valence-electron chi connectivity index (χ0n) is 11.9. The lowest BCUT2D eigenvalue weighted by atomic mass is 9.86. The highest BCUT2D eigenvalue weighted by Gasteiger charge is 2.40. The highest BCUT2D eigenvalue weighted by molar-refractivity contribution is 6.42. The second-order valence-electron chi connectivity index (χ2n) is 5.90. The fourth-order valence-corrected chi connectivity index (χ4v) is 2.67. The highest BCUT2D eigenvalue weighted by atomic mass is 35.5. The van der Waals surface area contributed by atoms with Gasteiger partial charge in [0.2, 0.25) is 0 Å². The molecule has 0 aromatic heterocycles. The van der Waals surface area contributed by atoms with Gasteiger partial charge in [-0.25, -0.2) is 0 Å². The Morgan fingerprint density at radius 1 is 1.30 bits per heavy atom. The molecule has 0 unspecified atom stereocenters. The van der Waals surface area contributed by atoms with E-state index in [0.717, 1.165) is 18.7 Å². The van der Waals surface area contributed by atoms with E-state index < -0.39 is 0 Å². The van der Waals surface area contributed by atoms with Crippen molar-refractivity contribution in [3.63, 3.8) is 0 Å². The van der Waals surface area contributed by atoms with Crippen molar-refractivity contribution in [3.8, 4) is 0 Å². The van der Waals surface area contributed by atoms with Crippen molar-refractivity contribution < 1.29 is 9.84 Å². The van der Waals surface area contributed by atoms with Crippen LogP contribution in [0.15, 0.2) is 18.2 Å². The van der Waals surface area contributed by atoms with Crippen molar-refractivity contribution in [2.75, 3.05) is 26.4 Å². The molecule has 0 bridgehead atoms. The van der Waals surface area contributed by atoms with Gasteiger partial charge in [0.1, 0.15) is 0 Å². The average molecular weight is 318 g/mol. The van der Waals surface area contributed by atoms with Crippen LogP contribution in [0.4, 0.5) is 0 Å². The van der Waals surface area contributed by atoms with Crippen LogP contribution in [0.25, 0.3) is 0 Å². The zero-order valence-corrected chi connectivity index (χ0v) is 13.4. The molecule has 1 fully saturated rings. The van der Waals surface area contributed by atoms with Gasteiger partial charge < -0.3 is 9.84 Å². The van der Waals surface area contributed by atoms with Gasteiger partial charge in [0.25, 0.3) is 0 Å². The molecule has 0 spiro atoms. The molecule has 0 radical (unpaired) electrons. The van der Waals surface area contributed by atoms with E-state index in [1.54, 1.807) is 0 Å². The summed E-state index contributed by atoms with van der Waals surface area (Å²) in [5, 5.41) is 10.7.